The number of aliphatic imine (C=N–C) groups is 1. The van der Waals surface area contributed by atoms with E-state index in [2.05, 4.69) is 15.6 Å². The van der Waals surface area contributed by atoms with Gasteiger partial charge < -0.3 is 20.1 Å². The smallest absolute Gasteiger partial charge is 0.260 e. The standard InChI is InChI=1S/C30H41F2N5O3/c1-28(2,37-9-5-8-30(31,32)17-37)26(35-18-33)36-25-21-10-20-11-22(25)15-29(13-20,14-21)27(38)34-16-19-6-7-23(39-3)24(12-19)40-4/h6-7,12,20-22,25H,5,8-11,13-17H2,1-4H3,(H,34,38)(H,35,36). The highest BCUT2D eigenvalue weighted by atomic mass is 19.3. The van der Waals surface area contributed by atoms with Crippen LogP contribution in [-0.2, 0) is 11.3 Å². The number of carbonyl (C=O) groups is 1. The fourth-order valence-corrected chi connectivity index (χ4v) is 8.04. The fraction of sp³-hybridized carbons (Fsp3) is 0.700. The van der Waals surface area contributed by atoms with Gasteiger partial charge in [-0.3, -0.25) is 9.69 Å². The normalized spacial score (nSPS) is 31.4. The molecule has 5 fully saturated rings. The molecule has 0 spiro atoms. The van der Waals surface area contributed by atoms with Crippen LogP contribution in [-0.4, -0.2) is 61.5 Å². The Kier molecular flexibility index (Phi) is 7.73. The fourth-order valence-electron chi connectivity index (χ4n) is 8.04. The third-order valence-corrected chi connectivity index (χ3v) is 9.88. The van der Waals surface area contributed by atoms with Crippen LogP contribution in [0.3, 0.4) is 0 Å². The van der Waals surface area contributed by atoms with Gasteiger partial charge in [0.25, 0.3) is 5.92 Å². The minimum absolute atomic E-state index is 0.0694. The van der Waals surface area contributed by atoms with Crippen LogP contribution in [0.1, 0.15) is 64.4 Å². The van der Waals surface area contributed by atoms with E-state index >= 15 is 0 Å². The van der Waals surface area contributed by atoms with Crippen molar-refractivity contribution in [2.45, 2.75) is 82.8 Å². The zero-order valence-electron chi connectivity index (χ0n) is 23.9. The van der Waals surface area contributed by atoms with E-state index in [1.807, 2.05) is 38.2 Å². The summed E-state index contributed by atoms with van der Waals surface area (Å²) in [6.07, 6.45) is 6.72. The first-order chi connectivity index (χ1) is 19.0. The average molecular weight is 558 g/mol. The third kappa shape index (κ3) is 5.37. The van der Waals surface area contributed by atoms with Crippen LogP contribution in [0.2, 0.25) is 0 Å². The number of likely N-dealkylation sites (tertiary alicyclic amines) is 1. The molecule has 4 aliphatic carbocycles. The van der Waals surface area contributed by atoms with Crippen molar-refractivity contribution >= 4 is 11.7 Å². The van der Waals surface area contributed by atoms with E-state index in [0.29, 0.717) is 42.8 Å². The maximum Gasteiger partial charge on any atom is 0.260 e. The molecule has 10 heteroatoms. The molecule has 6 rings (SSSR count). The van der Waals surface area contributed by atoms with Gasteiger partial charge >= 0.3 is 0 Å². The van der Waals surface area contributed by atoms with Gasteiger partial charge in [0.15, 0.2) is 11.5 Å². The summed E-state index contributed by atoms with van der Waals surface area (Å²) < 4.78 is 39.3. The number of hydrogen-bond donors (Lipinski definition) is 2. The van der Waals surface area contributed by atoms with Gasteiger partial charge in [-0.1, -0.05) is 6.07 Å². The van der Waals surface area contributed by atoms with Gasteiger partial charge in [-0.25, -0.2) is 8.78 Å². The highest BCUT2D eigenvalue weighted by molar-refractivity contribution is 5.92. The molecule has 0 aromatic heterocycles. The molecular weight excluding hydrogens is 516 g/mol. The van der Waals surface area contributed by atoms with Crippen LogP contribution in [0.4, 0.5) is 8.78 Å². The summed E-state index contributed by atoms with van der Waals surface area (Å²) in [7, 11) is 3.19. The summed E-state index contributed by atoms with van der Waals surface area (Å²) in [6, 6.07) is 5.72. The summed E-state index contributed by atoms with van der Waals surface area (Å²) in [4.78, 5) is 19.6. The largest absolute Gasteiger partial charge is 0.493 e. The number of amidine groups is 1. The van der Waals surface area contributed by atoms with Crippen LogP contribution < -0.4 is 20.1 Å². The van der Waals surface area contributed by atoms with E-state index in [-0.39, 0.29) is 36.8 Å². The average Bonchev–Trinajstić information content (AvgIpc) is 2.91. The minimum atomic E-state index is -2.74. The lowest BCUT2D eigenvalue weighted by molar-refractivity contribution is -0.149. The number of benzene rings is 1. The Hall–Kier alpha value is -2.93. The van der Waals surface area contributed by atoms with Crippen molar-refractivity contribution in [3.8, 4) is 17.7 Å². The van der Waals surface area contributed by atoms with Crippen molar-refractivity contribution < 1.29 is 23.0 Å². The van der Waals surface area contributed by atoms with Crippen molar-refractivity contribution in [2.24, 2.45) is 28.2 Å². The van der Waals surface area contributed by atoms with E-state index in [1.165, 1.54) is 0 Å². The van der Waals surface area contributed by atoms with Crippen LogP contribution in [0.5, 0.6) is 11.5 Å². The molecule has 1 aromatic carbocycles. The number of methoxy groups -OCH3 is 2. The van der Waals surface area contributed by atoms with Gasteiger partial charge in [-0.2, -0.15) is 10.3 Å². The van der Waals surface area contributed by atoms with E-state index in [4.69, 9.17) is 9.47 Å². The molecule has 5 aliphatic rings. The first-order valence-electron chi connectivity index (χ1n) is 14.4. The first kappa shape index (κ1) is 28.6. The molecule has 2 atom stereocenters. The number of nitrogens with zero attached hydrogens (tertiary/aromatic N) is 3. The molecule has 4 bridgehead atoms. The molecule has 1 aliphatic heterocycles. The predicted molar refractivity (Wildman–Crippen MR) is 147 cm³/mol. The molecule has 2 N–H and O–H groups in total. The number of halogens is 2. The topological polar surface area (TPSA) is 99.0 Å². The van der Waals surface area contributed by atoms with Crippen molar-refractivity contribution in [3.63, 3.8) is 0 Å². The molecule has 4 saturated carbocycles. The minimum Gasteiger partial charge on any atom is -0.493 e. The monoisotopic (exact) mass is 557 g/mol. The van der Waals surface area contributed by atoms with E-state index in [1.54, 1.807) is 19.1 Å². The third-order valence-electron chi connectivity index (χ3n) is 9.88. The van der Waals surface area contributed by atoms with E-state index in [9.17, 15) is 18.8 Å². The molecule has 8 nitrogen and oxygen atoms in total. The maximum atomic E-state index is 14.3. The summed E-state index contributed by atoms with van der Waals surface area (Å²) in [6.45, 7) is 4.36. The Balaban J connectivity index is 1.28. The van der Waals surface area contributed by atoms with Gasteiger partial charge in [0.1, 0.15) is 5.84 Å². The lowest BCUT2D eigenvalue weighted by Crippen LogP contribution is -2.66. The molecule has 1 saturated heterocycles. The lowest BCUT2D eigenvalue weighted by Gasteiger charge is -2.59. The SMILES string of the molecule is COc1ccc(CNC(=O)C23CC4CC(C2)C(N/C(=N/C#N)C(C)(C)N2CCCC(F)(F)C2)C(C4)C3)cc1OC. The molecule has 1 aromatic rings. The maximum absolute atomic E-state index is 14.3. The molecule has 0 radical (unpaired) electrons. The zero-order valence-corrected chi connectivity index (χ0v) is 23.9. The van der Waals surface area contributed by atoms with Gasteiger partial charge in [-0.05, 0) is 94.4 Å². The highest BCUT2D eigenvalue weighted by Gasteiger charge is 2.59. The quantitative estimate of drug-likeness (QED) is 0.278. The van der Waals surface area contributed by atoms with E-state index in [0.717, 1.165) is 37.7 Å². The summed E-state index contributed by atoms with van der Waals surface area (Å²) in [5.41, 5.74) is -0.288. The number of piperidine rings is 1. The molecule has 218 valence electrons. The van der Waals surface area contributed by atoms with Gasteiger partial charge in [0.05, 0.1) is 31.7 Å². The van der Waals surface area contributed by atoms with Gasteiger partial charge in [-0.15, -0.1) is 0 Å². The van der Waals surface area contributed by atoms with Gasteiger partial charge in [0, 0.05) is 19.0 Å². The zero-order chi connectivity index (χ0) is 28.7. The Morgan fingerprint density at radius 3 is 2.50 bits per heavy atom. The highest BCUT2D eigenvalue weighted by Crippen LogP contribution is 2.60. The number of hydrogen-bond acceptors (Lipinski definition) is 6. The van der Waals surface area contributed by atoms with Crippen LogP contribution >= 0.6 is 0 Å². The summed E-state index contributed by atoms with van der Waals surface area (Å²) >= 11 is 0. The van der Waals surface area contributed by atoms with Crippen molar-refractivity contribution in [3.05, 3.63) is 23.8 Å². The number of ether oxygens (including phenoxy) is 2. The lowest BCUT2D eigenvalue weighted by atomic mass is 9.47. The molecule has 2 unspecified atom stereocenters. The van der Waals surface area contributed by atoms with Crippen molar-refractivity contribution in [1.29, 1.82) is 5.26 Å². The van der Waals surface area contributed by atoms with Crippen molar-refractivity contribution in [2.75, 3.05) is 27.3 Å². The van der Waals surface area contributed by atoms with E-state index < -0.39 is 16.9 Å². The van der Waals surface area contributed by atoms with Crippen LogP contribution in [0.25, 0.3) is 0 Å². The molecule has 40 heavy (non-hydrogen) atoms. The molecule has 1 heterocycles. The number of nitrogens with one attached hydrogen (secondary N) is 2. The Bertz CT molecular complexity index is 1180. The number of carbonyl (C=O) groups excluding carboxylic acids is 1. The summed E-state index contributed by atoms with van der Waals surface area (Å²) in [5, 5.41) is 16.3. The van der Waals surface area contributed by atoms with Gasteiger partial charge in [0.2, 0.25) is 12.1 Å². The van der Waals surface area contributed by atoms with Crippen LogP contribution in [0, 0.1) is 34.6 Å². The second-order valence-electron chi connectivity index (χ2n) is 12.8. The second kappa shape index (κ2) is 10.8. The Morgan fingerprint density at radius 2 is 1.88 bits per heavy atom. The van der Waals surface area contributed by atoms with Crippen LogP contribution in [0.15, 0.2) is 23.2 Å². The number of amides is 1. The molecular formula is C30H41F2N5O3. The van der Waals surface area contributed by atoms with Crippen molar-refractivity contribution in [1.82, 2.24) is 15.5 Å². The summed E-state index contributed by atoms with van der Waals surface area (Å²) in [5.74, 6) is 0.109. The predicted octanol–water partition coefficient (Wildman–Crippen LogP) is 4.49. The first-order valence-corrected chi connectivity index (χ1v) is 14.4. The molecule has 1 amide bonds. The Morgan fingerprint density at radius 1 is 1.18 bits per heavy atom. The number of nitriles is 1. The number of alkyl halides is 2. The number of rotatable bonds is 8. The Labute approximate surface area is 235 Å². The second-order valence-corrected chi connectivity index (χ2v) is 12.8.